The second kappa shape index (κ2) is 5.50. The van der Waals surface area contributed by atoms with Crippen molar-refractivity contribution in [3.63, 3.8) is 0 Å². The molecule has 0 heterocycles. The molecule has 94 valence electrons. The van der Waals surface area contributed by atoms with Gasteiger partial charge in [-0.1, -0.05) is 18.2 Å². The van der Waals surface area contributed by atoms with Gasteiger partial charge < -0.3 is 5.73 Å². The van der Waals surface area contributed by atoms with Gasteiger partial charge in [0.2, 0.25) is 0 Å². The summed E-state index contributed by atoms with van der Waals surface area (Å²) in [6, 6.07) is 10.5. The zero-order chi connectivity index (χ0) is 13.1. The Kier molecular flexibility index (Phi) is 3.99. The number of nitrogens with two attached hydrogens (primary N) is 1. The van der Waals surface area contributed by atoms with Gasteiger partial charge in [0.25, 0.3) is 0 Å². The molecule has 1 unspecified atom stereocenters. The molecule has 1 nitrogen and oxygen atoms in total. The van der Waals surface area contributed by atoms with Gasteiger partial charge in [0, 0.05) is 16.5 Å². The fraction of sp³-hybridized carbons (Fsp3) is 0.143. The zero-order valence-electron chi connectivity index (χ0n) is 9.86. The maximum absolute atomic E-state index is 13.6. The van der Waals surface area contributed by atoms with Gasteiger partial charge in [0.15, 0.2) is 0 Å². The van der Waals surface area contributed by atoms with E-state index in [1.165, 1.54) is 12.1 Å². The first-order valence-corrected chi connectivity index (χ1v) is 6.69. The molecule has 2 aromatic carbocycles. The van der Waals surface area contributed by atoms with Crippen LogP contribution in [0.1, 0.15) is 17.2 Å². The summed E-state index contributed by atoms with van der Waals surface area (Å²) in [4.78, 5) is 1.06. The molecule has 0 fully saturated rings. The first kappa shape index (κ1) is 13.1. The van der Waals surface area contributed by atoms with Crippen LogP contribution in [0.25, 0.3) is 0 Å². The number of benzene rings is 2. The highest BCUT2D eigenvalue weighted by molar-refractivity contribution is 7.98. The first-order chi connectivity index (χ1) is 8.61. The molecule has 18 heavy (non-hydrogen) atoms. The van der Waals surface area contributed by atoms with Crippen molar-refractivity contribution in [1.82, 2.24) is 0 Å². The standard InChI is InChI=1S/C14H13F2NS/c1-18-11-4-2-3-9(7-11)14(17)12-6-5-10(15)8-13(12)16/h2-8,14H,17H2,1H3. The van der Waals surface area contributed by atoms with Crippen molar-refractivity contribution in [3.8, 4) is 0 Å². The minimum atomic E-state index is -0.614. The molecule has 0 aliphatic heterocycles. The summed E-state index contributed by atoms with van der Waals surface area (Å²) in [5.41, 5.74) is 7.13. The maximum atomic E-state index is 13.6. The van der Waals surface area contributed by atoms with Crippen molar-refractivity contribution in [2.24, 2.45) is 5.73 Å². The van der Waals surface area contributed by atoms with Crippen LogP contribution in [0.2, 0.25) is 0 Å². The summed E-state index contributed by atoms with van der Waals surface area (Å²) in [5.74, 6) is -1.21. The number of rotatable bonds is 3. The Bertz CT molecular complexity index is 557. The first-order valence-electron chi connectivity index (χ1n) is 5.46. The van der Waals surface area contributed by atoms with Gasteiger partial charge in [0.1, 0.15) is 11.6 Å². The highest BCUT2D eigenvalue weighted by Gasteiger charge is 2.14. The Hall–Kier alpha value is -1.39. The van der Waals surface area contributed by atoms with Crippen molar-refractivity contribution in [1.29, 1.82) is 0 Å². The van der Waals surface area contributed by atoms with Gasteiger partial charge in [-0.2, -0.15) is 0 Å². The number of hydrogen-bond acceptors (Lipinski definition) is 2. The number of hydrogen-bond donors (Lipinski definition) is 1. The highest BCUT2D eigenvalue weighted by Crippen LogP contribution is 2.25. The van der Waals surface area contributed by atoms with Gasteiger partial charge in [-0.15, -0.1) is 11.8 Å². The van der Waals surface area contributed by atoms with Crippen molar-refractivity contribution >= 4 is 11.8 Å². The average molecular weight is 265 g/mol. The van der Waals surface area contributed by atoms with Gasteiger partial charge >= 0.3 is 0 Å². The van der Waals surface area contributed by atoms with E-state index in [1.807, 2.05) is 30.5 Å². The molecular weight excluding hydrogens is 252 g/mol. The molecule has 0 aliphatic rings. The van der Waals surface area contributed by atoms with Crippen LogP contribution in [-0.4, -0.2) is 6.26 Å². The molecule has 4 heteroatoms. The Labute approximate surface area is 109 Å². The van der Waals surface area contributed by atoms with Crippen molar-refractivity contribution < 1.29 is 8.78 Å². The van der Waals surface area contributed by atoms with Crippen LogP contribution in [0, 0.1) is 11.6 Å². The Balaban J connectivity index is 2.37. The third-order valence-corrected chi connectivity index (χ3v) is 3.48. The van der Waals surface area contributed by atoms with Crippen LogP contribution < -0.4 is 5.73 Å². The van der Waals surface area contributed by atoms with Gasteiger partial charge in [-0.25, -0.2) is 8.78 Å². The van der Waals surface area contributed by atoms with E-state index in [0.717, 1.165) is 16.5 Å². The van der Waals surface area contributed by atoms with Crippen LogP contribution in [0.15, 0.2) is 47.4 Å². The van der Waals surface area contributed by atoms with E-state index in [-0.39, 0.29) is 0 Å². The lowest BCUT2D eigenvalue weighted by atomic mass is 9.99. The smallest absolute Gasteiger partial charge is 0.131 e. The molecule has 0 aromatic heterocycles. The Morgan fingerprint density at radius 2 is 1.89 bits per heavy atom. The predicted molar refractivity (Wildman–Crippen MR) is 70.6 cm³/mol. The molecule has 0 amide bonds. The average Bonchev–Trinajstić information content (AvgIpc) is 2.38. The Morgan fingerprint density at radius 1 is 1.11 bits per heavy atom. The fourth-order valence-corrected chi connectivity index (χ4v) is 2.24. The summed E-state index contributed by atoms with van der Waals surface area (Å²) in [6.07, 6.45) is 1.96. The van der Waals surface area contributed by atoms with E-state index >= 15 is 0 Å². The largest absolute Gasteiger partial charge is 0.320 e. The molecular formula is C14H13F2NS. The van der Waals surface area contributed by atoms with Gasteiger partial charge in [0.05, 0.1) is 6.04 Å². The van der Waals surface area contributed by atoms with Crippen LogP contribution in [0.3, 0.4) is 0 Å². The predicted octanol–water partition coefficient (Wildman–Crippen LogP) is 3.73. The molecule has 2 aromatic rings. The SMILES string of the molecule is CSc1cccc(C(N)c2ccc(F)cc2F)c1. The van der Waals surface area contributed by atoms with E-state index in [1.54, 1.807) is 11.8 Å². The van der Waals surface area contributed by atoms with E-state index < -0.39 is 17.7 Å². The lowest BCUT2D eigenvalue weighted by Gasteiger charge is -2.14. The van der Waals surface area contributed by atoms with E-state index in [9.17, 15) is 8.78 Å². The molecule has 0 saturated carbocycles. The quantitative estimate of drug-likeness (QED) is 0.856. The molecule has 0 spiro atoms. The summed E-state index contributed by atoms with van der Waals surface area (Å²) in [7, 11) is 0. The van der Waals surface area contributed by atoms with Crippen LogP contribution in [0.5, 0.6) is 0 Å². The molecule has 2 rings (SSSR count). The second-order valence-electron chi connectivity index (χ2n) is 3.92. The van der Waals surface area contributed by atoms with Crippen LogP contribution in [-0.2, 0) is 0 Å². The van der Waals surface area contributed by atoms with Crippen LogP contribution in [0.4, 0.5) is 8.78 Å². The summed E-state index contributed by atoms with van der Waals surface area (Å²) in [6.45, 7) is 0. The molecule has 0 radical (unpaired) electrons. The van der Waals surface area contributed by atoms with E-state index in [2.05, 4.69) is 0 Å². The summed E-state index contributed by atoms with van der Waals surface area (Å²) < 4.78 is 26.5. The van der Waals surface area contributed by atoms with Crippen molar-refractivity contribution in [3.05, 3.63) is 65.2 Å². The van der Waals surface area contributed by atoms with Crippen LogP contribution >= 0.6 is 11.8 Å². The monoisotopic (exact) mass is 265 g/mol. The van der Waals surface area contributed by atoms with E-state index in [0.29, 0.717) is 5.56 Å². The van der Waals surface area contributed by atoms with Crippen molar-refractivity contribution in [2.75, 3.05) is 6.26 Å². The third-order valence-electron chi connectivity index (χ3n) is 2.75. The normalized spacial score (nSPS) is 12.4. The summed E-state index contributed by atoms with van der Waals surface area (Å²) in [5, 5.41) is 0. The third kappa shape index (κ3) is 2.71. The molecule has 0 saturated heterocycles. The lowest BCUT2D eigenvalue weighted by Crippen LogP contribution is -2.13. The molecule has 1 atom stereocenters. The molecule has 0 aliphatic carbocycles. The minimum Gasteiger partial charge on any atom is -0.320 e. The highest BCUT2D eigenvalue weighted by atomic mass is 32.2. The summed E-state index contributed by atoms with van der Waals surface area (Å²) >= 11 is 1.59. The second-order valence-corrected chi connectivity index (χ2v) is 4.80. The topological polar surface area (TPSA) is 26.0 Å². The van der Waals surface area contributed by atoms with Gasteiger partial charge in [-0.3, -0.25) is 0 Å². The minimum absolute atomic E-state index is 0.301. The number of halogens is 2. The van der Waals surface area contributed by atoms with Crippen molar-refractivity contribution in [2.45, 2.75) is 10.9 Å². The molecule has 2 N–H and O–H groups in total. The fourth-order valence-electron chi connectivity index (χ4n) is 1.77. The maximum Gasteiger partial charge on any atom is 0.131 e. The lowest BCUT2D eigenvalue weighted by molar-refractivity contribution is 0.566. The zero-order valence-corrected chi connectivity index (χ0v) is 10.7. The molecule has 0 bridgehead atoms. The van der Waals surface area contributed by atoms with E-state index in [4.69, 9.17) is 5.73 Å². The van der Waals surface area contributed by atoms with Gasteiger partial charge in [-0.05, 0) is 30.0 Å². The Morgan fingerprint density at radius 3 is 2.56 bits per heavy atom. The number of thioether (sulfide) groups is 1.